The molecule has 0 saturated carbocycles. The maximum absolute atomic E-state index is 13.6. The molecule has 0 spiro atoms. The monoisotopic (exact) mass is 422 g/mol. The van der Waals surface area contributed by atoms with Gasteiger partial charge >= 0.3 is 12.1 Å². The van der Waals surface area contributed by atoms with Crippen LogP contribution in [0.5, 0.6) is 0 Å². The van der Waals surface area contributed by atoms with Gasteiger partial charge in [0.1, 0.15) is 11.2 Å². The van der Waals surface area contributed by atoms with Gasteiger partial charge in [0.15, 0.2) is 0 Å². The normalized spacial score (nSPS) is 26.2. The van der Waals surface area contributed by atoms with Crippen LogP contribution in [0, 0.1) is 5.92 Å². The van der Waals surface area contributed by atoms with Gasteiger partial charge < -0.3 is 14.4 Å². The molecule has 0 N–H and O–H groups in total. The molecule has 1 amide bonds. The first-order valence-corrected chi connectivity index (χ1v) is 10.2. The van der Waals surface area contributed by atoms with Crippen molar-refractivity contribution in [2.45, 2.75) is 31.2 Å². The molecule has 3 atom stereocenters. The number of nitrogens with zero attached hydrogens (tertiary/aromatic N) is 2. The predicted molar refractivity (Wildman–Crippen MR) is 110 cm³/mol. The van der Waals surface area contributed by atoms with E-state index < -0.39 is 29.4 Å². The van der Waals surface area contributed by atoms with Crippen LogP contribution in [0.4, 0.5) is 4.79 Å². The molecule has 4 heterocycles. The average Bonchev–Trinajstić information content (AvgIpc) is 3.05. The minimum absolute atomic E-state index is 0.0732. The molecule has 3 aliphatic heterocycles. The number of rotatable bonds is 2. The molecule has 3 unspecified atom stereocenters. The molecule has 1 aromatic carbocycles. The van der Waals surface area contributed by atoms with E-state index in [0.29, 0.717) is 29.7 Å². The van der Waals surface area contributed by atoms with Gasteiger partial charge in [0, 0.05) is 23.9 Å². The summed E-state index contributed by atoms with van der Waals surface area (Å²) in [7, 11) is 2.58. The summed E-state index contributed by atoms with van der Waals surface area (Å²) in [5.41, 5.74) is 0.906. The smallest absolute Gasteiger partial charge is 0.418 e. The van der Waals surface area contributed by atoms with E-state index in [9.17, 15) is 19.2 Å². The Morgan fingerprint density at radius 3 is 2.55 bits per heavy atom. The number of hydrogen-bond acceptors (Lipinski definition) is 6. The van der Waals surface area contributed by atoms with Crippen molar-refractivity contribution >= 4 is 34.7 Å². The minimum atomic E-state index is -1.39. The third kappa shape index (κ3) is 2.30. The van der Waals surface area contributed by atoms with Crippen LogP contribution in [0.15, 0.2) is 35.9 Å². The van der Waals surface area contributed by atoms with Crippen molar-refractivity contribution in [3.8, 4) is 0 Å². The van der Waals surface area contributed by atoms with Crippen LogP contribution < -0.4 is 0 Å². The summed E-state index contributed by atoms with van der Waals surface area (Å²) < 4.78 is 11.8. The van der Waals surface area contributed by atoms with E-state index in [0.717, 1.165) is 10.9 Å². The lowest BCUT2D eigenvalue weighted by Crippen LogP contribution is -2.67. The number of hydrogen-bond donors (Lipinski definition) is 0. The lowest BCUT2D eigenvalue weighted by atomic mass is 9.60. The van der Waals surface area contributed by atoms with Gasteiger partial charge in [-0.25, -0.2) is 9.36 Å². The molecule has 1 aromatic heterocycles. The first kappa shape index (κ1) is 19.5. The van der Waals surface area contributed by atoms with Crippen LogP contribution in [0.2, 0.25) is 0 Å². The Hall–Kier alpha value is -3.42. The van der Waals surface area contributed by atoms with Gasteiger partial charge in [0.25, 0.3) is 0 Å². The average molecular weight is 422 g/mol. The number of fused-ring (bicyclic) bond motifs is 4. The summed E-state index contributed by atoms with van der Waals surface area (Å²) in [6.07, 6.45) is 1.57. The molecular weight excluding hydrogens is 400 g/mol. The lowest BCUT2D eigenvalue weighted by molar-refractivity contribution is -0.158. The quantitative estimate of drug-likeness (QED) is 0.687. The number of methoxy groups -OCH3 is 2. The van der Waals surface area contributed by atoms with Gasteiger partial charge in [-0.1, -0.05) is 24.3 Å². The van der Waals surface area contributed by atoms with Crippen LogP contribution in [-0.2, 0) is 35.7 Å². The summed E-state index contributed by atoms with van der Waals surface area (Å²) in [6, 6.07) is 6.61. The summed E-state index contributed by atoms with van der Waals surface area (Å²) in [6.45, 7) is 1.80. The van der Waals surface area contributed by atoms with Gasteiger partial charge in [0.05, 0.1) is 37.4 Å². The van der Waals surface area contributed by atoms with E-state index in [1.807, 2.05) is 18.2 Å². The Kier molecular flexibility index (Phi) is 4.12. The second-order valence-corrected chi connectivity index (χ2v) is 8.31. The second kappa shape index (κ2) is 6.54. The molecule has 8 nitrogen and oxygen atoms in total. The summed E-state index contributed by atoms with van der Waals surface area (Å²) in [4.78, 5) is 53.9. The van der Waals surface area contributed by atoms with Gasteiger partial charge in [-0.15, -0.1) is 0 Å². The summed E-state index contributed by atoms with van der Waals surface area (Å²) in [5, 5.41) is 0.816. The highest BCUT2D eigenvalue weighted by Crippen LogP contribution is 2.54. The third-order valence-corrected chi connectivity index (χ3v) is 6.95. The molecule has 0 radical (unpaired) electrons. The number of ketones is 1. The van der Waals surface area contributed by atoms with Crippen LogP contribution in [0.3, 0.4) is 0 Å². The van der Waals surface area contributed by atoms with Crippen LogP contribution >= 0.6 is 0 Å². The predicted octanol–water partition coefficient (Wildman–Crippen LogP) is 1.97. The number of ether oxygens (including phenoxy) is 2. The highest BCUT2D eigenvalue weighted by atomic mass is 16.5. The fraction of sp³-hybridized carbons (Fsp3) is 0.391. The molecule has 31 heavy (non-hydrogen) atoms. The maximum atomic E-state index is 13.6. The molecule has 1 fully saturated rings. The van der Waals surface area contributed by atoms with E-state index >= 15 is 0 Å². The van der Waals surface area contributed by atoms with Crippen molar-refractivity contribution in [1.82, 2.24) is 9.47 Å². The second-order valence-electron chi connectivity index (χ2n) is 8.31. The van der Waals surface area contributed by atoms with Crippen molar-refractivity contribution in [2.75, 3.05) is 20.8 Å². The van der Waals surface area contributed by atoms with Crippen molar-refractivity contribution in [2.24, 2.45) is 5.92 Å². The van der Waals surface area contributed by atoms with E-state index in [1.165, 1.54) is 25.7 Å². The Labute approximate surface area is 178 Å². The molecular formula is C23H22N2O6. The Morgan fingerprint density at radius 1 is 1.13 bits per heavy atom. The van der Waals surface area contributed by atoms with E-state index in [4.69, 9.17) is 9.47 Å². The molecule has 2 aromatic rings. The topological polar surface area (TPSA) is 94.9 Å². The largest absolute Gasteiger partial charge is 0.468 e. The zero-order chi connectivity index (χ0) is 22.1. The Balaban J connectivity index is 1.94. The van der Waals surface area contributed by atoms with Gasteiger partial charge in [-0.2, -0.15) is 0 Å². The van der Waals surface area contributed by atoms with Crippen LogP contribution in [-0.4, -0.2) is 60.0 Å². The number of benzene rings is 1. The Morgan fingerprint density at radius 2 is 1.87 bits per heavy atom. The van der Waals surface area contributed by atoms with E-state index in [-0.39, 0.29) is 18.1 Å². The zero-order valence-electron chi connectivity index (χ0n) is 17.5. The molecule has 4 aliphatic rings. The third-order valence-electron chi connectivity index (χ3n) is 6.95. The number of piperidine rings is 1. The first-order valence-electron chi connectivity index (χ1n) is 10.2. The number of aromatic nitrogens is 1. The standard InChI is InChI=1S/C23H22N2O6/c1-12(26)16-10-13-11-23(21(28)30-2)18(16)24(20(13)27)9-8-15-14-6-4-5-7-17(14)25(19(15)23)22(29)31-3/h4-7,10,16,18H,8-9,11H2,1-3H3. The van der Waals surface area contributed by atoms with Gasteiger partial charge in [0.2, 0.25) is 5.91 Å². The van der Waals surface area contributed by atoms with Crippen LogP contribution in [0.25, 0.3) is 10.9 Å². The number of esters is 1. The number of carbonyl (C=O) groups is 4. The van der Waals surface area contributed by atoms with Crippen molar-refractivity contribution in [3.63, 3.8) is 0 Å². The van der Waals surface area contributed by atoms with Crippen LogP contribution in [0.1, 0.15) is 24.6 Å². The fourth-order valence-electron chi connectivity index (χ4n) is 5.81. The number of carbonyl (C=O) groups excluding carboxylic acids is 4. The fourth-order valence-corrected chi connectivity index (χ4v) is 5.81. The molecule has 6 rings (SSSR count). The SMILES string of the molecule is COC(=O)n1c2c(c3ccccc31)CCN1C(=O)C3=CC(C(C)=O)C1C2(C(=O)OC)C3. The Bertz CT molecular complexity index is 1210. The molecule has 1 saturated heterocycles. The number of Topliss-reactive ketones (excluding diaryl/α,β-unsaturated/α-hetero) is 1. The molecule has 1 aliphatic carbocycles. The molecule has 8 heteroatoms. The highest BCUT2D eigenvalue weighted by Gasteiger charge is 2.65. The van der Waals surface area contributed by atoms with Crippen molar-refractivity contribution in [3.05, 3.63) is 47.2 Å². The number of para-hydroxylation sites is 1. The highest BCUT2D eigenvalue weighted by molar-refractivity contribution is 6.05. The summed E-state index contributed by atoms with van der Waals surface area (Å²) in [5.74, 6) is -1.53. The van der Waals surface area contributed by atoms with Gasteiger partial charge in [-0.3, -0.25) is 14.4 Å². The maximum Gasteiger partial charge on any atom is 0.418 e. The number of amides is 1. The molecule has 160 valence electrons. The van der Waals surface area contributed by atoms with Crippen molar-refractivity contribution in [1.29, 1.82) is 0 Å². The van der Waals surface area contributed by atoms with E-state index in [1.54, 1.807) is 17.0 Å². The summed E-state index contributed by atoms with van der Waals surface area (Å²) >= 11 is 0. The lowest BCUT2D eigenvalue weighted by Gasteiger charge is -2.52. The zero-order valence-corrected chi connectivity index (χ0v) is 17.5. The molecule has 4 bridgehead atoms. The van der Waals surface area contributed by atoms with Gasteiger partial charge in [-0.05, 0) is 25.0 Å². The first-order chi connectivity index (χ1) is 14.9. The minimum Gasteiger partial charge on any atom is -0.468 e. The van der Waals surface area contributed by atoms with E-state index in [2.05, 4.69) is 0 Å². The van der Waals surface area contributed by atoms with Crippen molar-refractivity contribution < 1.29 is 28.7 Å².